The molecule has 10 aromatic carbocycles. The Kier molecular flexibility index (Phi) is 9.25. The highest BCUT2D eigenvalue weighted by Gasteiger charge is 2.50. The molecule has 2 atom stereocenters. The van der Waals surface area contributed by atoms with Crippen LogP contribution in [0.25, 0.3) is 55.3 Å². The van der Waals surface area contributed by atoms with E-state index >= 15 is 0 Å². The zero-order valence-electron chi connectivity index (χ0n) is 37.0. The first-order valence-corrected chi connectivity index (χ1v) is 23.5. The molecule has 10 aromatic rings. The summed E-state index contributed by atoms with van der Waals surface area (Å²) in [4.78, 5) is 4.78. The molecule has 0 amide bonds. The molecule has 0 fully saturated rings. The Hall–Kier alpha value is -8.46. The topological polar surface area (TPSA) is 6.48 Å². The van der Waals surface area contributed by atoms with Gasteiger partial charge in [-0.15, -0.1) is 0 Å². The molecule has 0 saturated heterocycles. The van der Waals surface area contributed by atoms with Crippen LogP contribution in [0.3, 0.4) is 0 Å². The molecule has 0 aromatic heterocycles. The van der Waals surface area contributed by atoms with Gasteiger partial charge in [0.15, 0.2) is 0 Å². The number of fused-ring (bicyclic) bond motifs is 7. The first-order valence-electron chi connectivity index (χ1n) is 23.5. The lowest BCUT2D eigenvalue weighted by Gasteiger charge is -2.40. The summed E-state index contributed by atoms with van der Waals surface area (Å²) in [6.45, 7) is 0. The maximum Gasteiger partial charge on any atom is 0.0530 e. The van der Waals surface area contributed by atoms with Crippen molar-refractivity contribution in [2.24, 2.45) is 5.92 Å². The molecule has 0 N–H and O–H groups in total. The first kappa shape index (κ1) is 39.0. The lowest BCUT2D eigenvalue weighted by molar-refractivity contribution is 0.458. The second-order valence-electron chi connectivity index (χ2n) is 18.0. The third-order valence-electron chi connectivity index (χ3n) is 14.4. The van der Waals surface area contributed by atoms with Gasteiger partial charge < -0.3 is 9.80 Å². The Bertz CT molecular complexity index is 3480. The van der Waals surface area contributed by atoms with Crippen molar-refractivity contribution < 1.29 is 0 Å². The van der Waals surface area contributed by atoms with Gasteiger partial charge in [-0.25, -0.2) is 0 Å². The van der Waals surface area contributed by atoms with Crippen molar-refractivity contribution in [2.75, 3.05) is 9.80 Å². The maximum absolute atomic E-state index is 2.58. The summed E-state index contributed by atoms with van der Waals surface area (Å²) in [5.41, 5.74) is 20.6. The Morgan fingerprint density at radius 1 is 0.358 bits per heavy atom. The molecule has 3 aliphatic carbocycles. The van der Waals surface area contributed by atoms with Crippen molar-refractivity contribution in [2.45, 2.75) is 11.8 Å². The zero-order valence-corrected chi connectivity index (χ0v) is 37.0. The van der Waals surface area contributed by atoms with Gasteiger partial charge in [0, 0.05) is 34.1 Å². The van der Waals surface area contributed by atoms with Crippen LogP contribution in [0.5, 0.6) is 0 Å². The van der Waals surface area contributed by atoms with Crippen LogP contribution >= 0.6 is 0 Å². The lowest BCUT2D eigenvalue weighted by Crippen LogP contribution is -2.35. The smallest absolute Gasteiger partial charge is 0.0530 e. The third-order valence-corrected chi connectivity index (χ3v) is 14.4. The Morgan fingerprint density at radius 2 is 0.866 bits per heavy atom. The Morgan fingerprint density at radius 3 is 1.49 bits per heavy atom. The van der Waals surface area contributed by atoms with Gasteiger partial charge in [0.25, 0.3) is 0 Å². The number of para-hydroxylation sites is 2. The van der Waals surface area contributed by atoms with E-state index < -0.39 is 5.41 Å². The number of nitrogens with zero attached hydrogens (tertiary/aromatic N) is 2. The Labute approximate surface area is 392 Å². The fraction of sp³-hybridized carbons (Fsp3) is 0.0462. The highest BCUT2D eigenvalue weighted by molar-refractivity contribution is 6.20. The second-order valence-corrected chi connectivity index (χ2v) is 18.0. The predicted octanol–water partition coefficient (Wildman–Crippen LogP) is 17.5. The molecule has 2 unspecified atom stereocenters. The van der Waals surface area contributed by atoms with Crippen LogP contribution in [-0.4, -0.2) is 0 Å². The molecule has 0 bridgehead atoms. The Balaban J connectivity index is 1.04. The van der Waals surface area contributed by atoms with Crippen LogP contribution in [0.15, 0.2) is 261 Å². The highest BCUT2D eigenvalue weighted by Crippen LogP contribution is 2.63. The van der Waals surface area contributed by atoms with E-state index in [1.807, 2.05) is 0 Å². The van der Waals surface area contributed by atoms with Crippen molar-refractivity contribution in [1.29, 1.82) is 0 Å². The van der Waals surface area contributed by atoms with Gasteiger partial charge in [-0.1, -0.05) is 182 Å². The summed E-state index contributed by atoms with van der Waals surface area (Å²) in [6, 6.07) is 87.3. The van der Waals surface area contributed by atoms with Crippen LogP contribution in [-0.2, 0) is 5.41 Å². The average Bonchev–Trinajstić information content (AvgIpc) is 3.89. The fourth-order valence-corrected chi connectivity index (χ4v) is 11.6. The number of benzene rings is 10. The van der Waals surface area contributed by atoms with Crippen molar-refractivity contribution >= 4 is 44.9 Å². The lowest BCUT2D eigenvalue weighted by atomic mass is 9.62. The van der Waals surface area contributed by atoms with Gasteiger partial charge in [0.2, 0.25) is 0 Å². The van der Waals surface area contributed by atoms with Gasteiger partial charge in [-0.05, 0) is 163 Å². The minimum Gasteiger partial charge on any atom is -0.311 e. The third kappa shape index (κ3) is 6.18. The summed E-state index contributed by atoms with van der Waals surface area (Å²) >= 11 is 0. The van der Waals surface area contributed by atoms with E-state index in [4.69, 9.17) is 0 Å². The molecule has 0 spiro atoms. The molecule has 0 aliphatic heterocycles. The van der Waals surface area contributed by atoms with Crippen LogP contribution in [0.2, 0.25) is 0 Å². The summed E-state index contributed by atoms with van der Waals surface area (Å²) in [5, 5.41) is 2.69. The molecule has 67 heavy (non-hydrogen) atoms. The second kappa shape index (κ2) is 15.9. The van der Waals surface area contributed by atoms with Crippen molar-refractivity contribution in [3.63, 3.8) is 0 Å². The number of hydrogen-bond donors (Lipinski definition) is 0. The van der Waals surface area contributed by atoms with Crippen LogP contribution in [0, 0.1) is 5.92 Å². The molecule has 13 rings (SSSR count). The monoisotopic (exact) mass is 854 g/mol. The molecular formula is C65H46N2. The number of hydrogen-bond acceptors (Lipinski definition) is 2. The summed E-state index contributed by atoms with van der Waals surface area (Å²) in [5.74, 6) is 0.180. The normalized spacial score (nSPS) is 16.1. The highest BCUT2D eigenvalue weighted by atomic mass is 15.2. The molecular weight excluding hydrogens is 809 g/mol. The van der Waals surface area contributed by atoms with E-state index in [0.717, 1.165) is 40.5 Å². The van der Waals surface area contributed by atoms with Gasteiger partial charge >= 0.3 is 0 Å². The molecule has 3 aliphatic rings. The molecule has 2 heteroatoms. The average molecular weight is 855 g/mol. The van der Waals surface area contributed by atoms with Gasteiger partial charge in [-0.3, -0.25) is 0 Å². The summed E-state index contributed by atoms with van der Waals surface area (Å²) in [6.07, 6.45) is 10.2. The van der Waals surface area contributed by atoms with E-state index in [2.05, 4.69) is 271 Å². The molecule has 2 nitrogen and oxygen atoms in total. The minimum absolute atomic E-state index is 0.180. The fourth-order valence-electron chi connectivity index (χ4n) is 11.6. The molecule has 0 heterocycles. The van der Waals surface area contributed by atoms with E-state index in [1.54, 1.807) is 0 Å². The SMILES string of the molecule is C1=CCC(C2(c3ccccc3)c3cc(N(c4ccc(-c5ccccc5)cc4)c4ccc(N(c5ccccc5)c5ccccc5)cc4)ccc3-c3c2cc2c4c(cccc34)-c3ccccc3-2)C=C1. The van der Waals surface area contributed by atoms with E-state index in [-0.39, 0.29) is 5.92 Å². The number of anilines is 6. The van der Waals surface area contributed by atoms with Crippen molar-refractivity contribution in [3.05, 3.63) is 278 Å². The van der Waals surface area contributed by atoms with Crippen LogP contribution in [0.4, 0.5) is 34.1 Å². The summed E-state index contributed by atoms with van der Waals surface area (Å²) in [7, 11) is 0. The number of rotatable bonds is 9. The van der Waals surface area contributed by atoms with Crippen molar-refractivity contribution in [1.82, 2.24) is 0 Å². The standard InChI is InChI=1S/C65H46N2/c1-6-19-45(20-7-1)46-33-35-51(36-34-46)67(53-39-37-52(38-40-53)66(49-25-12-4-13-26-49)50-27-14-5-15-28-50)54-41-42-58-61(43-54)65(47-21-8-2-9-22-47,48-23-10-3-11-24-48)62-44-60-56-30-17-16-29-55(56)57-31-18-32-59(63(57)60)64(58)62/h1-23,25-44,48H,24H2. The predicted molar refractivity (Wildman–Crippen MR) is 281 cm³/mol. The molecule has 0 radical (unpaired) electrons. The van der Waals surface area contributed by atoms with Crippen molar-refractivity contribution in [3.8, 4) is 44.5 Å². The van der Waals surface area contributed by atoms with Crippen LogP contribution < -0.4 is 9.80 Å². The largest absolute Gasteiger partial charge is 0.311 e. The van der Waals surface area contributed by atoms with Gasteiger partial charge in [0.1, 0.15) is 0 Å². The van der Waals surface area contributed by atoms with E-state index in [9.17, 15) is 0 Å². The quantitative estimate of drug-likeness (QED) is 0.143. The zero-order chi connectivity index (χ0) is 44.3. The first-order chi connectivity index (χ1) is 33.3. The van der Waals surface area contributed by atoms with Crippen LogP contribution in [0.1, 0.15) is 23.1 Å². The van der Waals surface area contributed by atoms with Gasteiger partial charge in [-0.2, -0.15) is 0 Å². The molecule has 0 saturated carbocycles. The van der Waals surface area contributed by atoms with E-state index in [0.29, 0.717) is 0 Å². The van der Waals surface area contributed by atoms with Gasteiger partial charge in [0.05, 0.1) is 5.41 Å². The minimum atomic E-state index is -0.472. The number of allylic oxidation sites excluding steroid dienone is 4. The summed E-state index contributed by atoms with van der Waals surface area (Å²) < 4.78 is 0. The molecule has 316 valence electrons. The maximum atomic E-state index is 2.58. The van der Waals surface area contributed by atoms with E-state index in [1.165, 1.54) is 72.0 Å².